The first-order valence-corrected chi connectivity index (χ1v) is 7.86. The van der Waals surface area contributed by atoms with Gasteiger partial charge in [0.2, 0.25) is 5.91 Å². The number of methoxy groups -OCH3 is 1. The Morgan fingerprint density at radius 1 is 1.33 bits per heavy atom. The number of nitrogens with zero attached hydrogens (tertiary/aromatic N) is 1. The van der Waals surface area contributed by atoms with Gasteiger partial charge in [-0.25, -0.2) is 9.78 Å². The van der Waals surface area contributed by atoms with Crippen molar-refractivity contribution in [1.82, 2.24) is 15.6 Å². The summed E-state index contributed by atoms with van der Waals surface area (Å²) in [5.41, 5.74) is 0.839. The Kier molecular flexibility index (Phi) is 6.61. The summed E-state index contributed by atoms with van der Waals surface area (Å²) in [6.07, 6.45) is 0.266. The molecule has 2 atom stereocenters. The van der Waals surface area contributed by atoms with Crippen LogP contribution < -0.4 is 10.6 Å². The molecule has 1 aromatic rings. The van der Waals surface area contributed by atoms with Crippen LogP contribution in [0.5, 0.6) is 0 Å². The van der Waals surface area contributed by atoms with Crippen molar-refractivity contribution < 1.29 is 14.3 Å². The lowest BCUT2D eigenvalue weighted by Gasteiger charge is -2.22. The fourth-order valence-corrected chi connectivity index (χ4v) is 2.62. The molecule has 0 aliphatic heterocycles. The van der Waals surface area contributed by atoms with Crippen LogP contribution >= 0.6 is 11.3 Å². The van der Waals surface area contributed by atoms with Crippen LogP contribution in [0.1, 0.15) is 44.4 Å². The molecule has 1 aromatic heterocycles. The van der Waals surface area contributed by atoms with Gasteiger partial charge in [-0.1, -0.05) is 20.8 Å². The van der Waals surface area contributed by atoms with E-state index in [0.717, 1.165) is 17.1 Å². The molecular weight excluding hydrogens is 290 g/mol. The lowest BCUT2D eigenvalue weighted by Crippen LogP contribution is -2.50. The monoisotopic (exact) mass is 313 g/mol. The fraction of sp³-hybridized carbons (Fsp3) is 0.643. The molecule has 0 aliphatic rings. The maximum absolute atomic E-state index is 12.3. The molecule has 2 unspecified atom stereocenters. The van der Waals surface area contributed by atoms with Gasteiger partial charge < -0.3 is 15.4 Å². The van der Waals surface area contributed by atoms with E-state index < -0.39 is 12.1 Å². The predicted molar refractivity (Wildman–Crippen MR) is 82.2 cm³/mol. The van der Waals surface area contributed by atoms with E-state index in [1.54, 1.807) is 11.3 Å². The first-order chi connectivity index (χ1) is 9.88. The average molecular weight is 313 g/mol. The van der Waals surface area contributed by atoms with Gasteiger partial charge in [0.1, 0.15) is 6.04 Å². The van der Waals surface area contributed by atoms with Gasteiger partial charge >= 0.3 is 6.09 Å². The Hall–Kier alpha value is -1.63. The molecule has 2 N–H and O–H groups in total. The van der Waals surface area contributed by atoms with E-state index in [9.17, 15) is 9.59 Å². The second-order valence-electron chi connectivity index (χ2n) is 5.11. The van der Waals surface area contributed by atoms with Gasteiger partial charge in [-0.05, 0) is 19.3 Å². The maximum Gasteiger partial charge on any atom is 0.407 e. The van der Waals surface area contributed by atoms with E-state index in [1.165, 1.54) is 7.11 Å². The van der Waals surface area contributed by atoms with Gasteiger partial charge in [-0.15, -0.1) is 11.3 Å². The molecule has 0 aromatic carbocycles. The van der Waals surface area contributed by atoms with Crippen LogP contribution in [0.3, 0.4) is 0 Å². The molecule has 1 heterocycles. The molecule has 7 heteroatoms. The summed E-state index contributed by atoms with van der Waals surface area (Å²) in [6, 6.07) is -0.834. The molecule has 0 bridgehead atoms. The zero-order valence-corrected chi connectivity index (χ0v) is 13.9. The number of aryl methyl sites for hydroxylation is 1. The lowest BCUT2D eigenvalue weighted by atomic mass is 10.0. The van der Waals surface area contributed by atoms with Crippen LogP contribution in [0.4, 0.5) is 4.79 Å². The van der Waals surface area contributed by atoms with Gasteiger partial charge in [0.25, 0.3) is 0 Å². The van der Waals surface area contributed by atoms with Crippen molar-refractivity contribution in [2.75, 3.05) is 7.11 Å². The number of carbonyl (C=O) groups excluding carboxylic acids is 2. The van der Waals surface area contributed by atoms with Crippen molar-refractivity contribution in [1.29, 1.82) is 0 Å². The summed E-state index contributed by atoms with van der Waals surface area (Å²) in [6.45, 7) is 7.65. The van der Waals surface area contributed by atoms with Gasteiger partial charge in [0, 0.05) is 5.38 Å². The van der Waals surface area contributed by atoms with E-state index in [0.29, 0.717) is 0 Å². The molecule has 1 rings (SSSR count). The van der Waals surface area contributed by atoms with Crippen molar-refractivity contribution in [3.63, 3.8) is 0 Å². The summed E-state index contributed by atoms with van der Waals surface area (Å²) in [5.74, 6) is -0.285. The molecule has 0 saturated heterocycles. The van der Waals surface area contributed by atoms with Crippen LogP contribution in [0, 0.1) is 5.92 Å². The Labute approximate surface area is 129 Å². The Bertz CT molecular complexity index is 488. The molecule has 6 nitrogen and oxygen atoms in total. The molecule has 0 fully saturated rings. The van der Waals surface area contributed by atoms with E-state index in [4.69, 9.17) is 0 Å². The largest absolute Gasteiger partial charge is 0.453 e. The third-order valence-electron chi connectivity index (χ3n) is 3.08. The van der Waals surface area contributed by atoms with Crippen LogP contribution in [0.25, 0.3) is 0 Å². The van der Waals surface area contributed by atoms with Crippen LogP contribution in [-0.4, -0.2) is 30.1 Å². The minimum Gasteiger partial charge on any atom is -0.453 e. The van der Waals surface area contributed by atoms with Gasteiger partial charge in [0.05, 0.1) is 23.9 Å². The molecular formula is C14H23N3O3S. The molecule has 118 valence electrons. The van der Waals surface area contributed by atoms with E-state index in [2.05, 4.69) is 20.4 Å². The van der Waals surface area contributed by atoms with Crippen LogP contribution in [0.15, 0.2) is 5.38 Å². The van der Waals surface area contributed by atoms with Crippen LogP contribution in [-0.2, 0) is 16.0 Å². The van der Waals surface area contributed by atoms with Crippen molar-refractivity contribution in [2.45, 2.75) is 46.2 Å². The Morgan fingerprint density at radius 3 is 2.48 bits per heavy atom. The number of aromatic nitrogens is 1. The number of thiazole rings is 1. The second-order valence-corrected chi connectivity index (χ2v) is 6.05. The number of carbonyl (C=O) groups is 2. The zero-order chi connectivity index (χ0) is 16.0. The molecule has 0 aliphatic carbocycles. The second kappa shape index (κ2) is 7.97. The van der Waals surface area contributed by atoms with Crippen molar-refractivity contribution >= 4 is 23.3 Å². The Balaban J connectivity index is 2.69. The van der Waals surface area contributed by atoms with Crippen LogP contribution in [0.2, 0.25) is 0 Å². The first kappa shape index (κ1) is 17.4. The summed E-state index contributed by atoms with van der Waals surface area (Å²) >= 11 is 1.58. The van der Waals surface area contributed by atoms with Gasteiger partial charge in [0.15, 0.2) is 0 Å². The third kappa shape index (κ3) is 5.00. The number of hydrogen-bond donors (Lipinski definition) is 2. The highest BCUT2D eigenvalue weighted by atomic mass is 32.1. The zero-order valence-electron chi connectivity index (χ0n) is 13.1. The molecule has 21 heavy (non-hydrogen) atoms. The summed E-state index contributed by atoms with van der Waals surface area (Å²) in [4.78, 5) is 28.1. The first-order valence-electron chi connectivity index (χ1n) is 6.98. The highest BCUT2D eigenvalue weighted by molar-refractivity contribution is 7.09. The van der Waals surface area contributed by atoms with Gasteiger partial charge in [-0.2, -0.15) is 0 Å². The molecule has 0 saturated carbocycles. The fourth-order valence-electron chi connectivity index (χ4n) is 1.78. The summed E-state index contributed by atoms with van der Waals surface area (Å²) in [7, 11) is 1.27. The quantitative estimate of drug-likeness (QED) is 0.844. The van der Waals surface area contributed by atoms with E-state index in [-0.39, 0.29) is 17.9 Å². The Morgan fingerprint density at radius 2 is 2.00 bits per heavy atom. The summed E-state index contributed by atoms with van der Waals surface area (Å²) in [5, 5.41) is 8.41. The number of amides is 2. The highest BCUT2D eigenvalue weighted by Crippen LogP contribution is 2.17. The number of nitrogens with one attached hydrogen (secondary N) is 2. The maximum atomic E-state index is 12.3. The number of ether oxygens (including phenoxy) is 1. The minimum absolute atomic E-state index is 0.0436. The number of alkyl carbamates (subject to hydrolysis) is 1. The lowest BCUT2D eigenvalue weighted by molar-refractivity contribution is -0.124. The average Bonchev–Trinajstić information content (AvgIpc) is 2.92. The van der Waals surface area contributed by atoms with Crippen molar-refractivity contribution in [3.8, 4) is 0 Å². The van der Waals surface area contributed by atoms with E-state index in [1.807, 2.05) is 33.1 Å². The number of hydrogen-bond acceptors (Lipinski definition) is 5. The SMILES string of the molecule is CCc1nc(C(C)NC(=O)C(NC(=O)OC)C(C)C)cs1. The van der Waals surface area contributed by atoms with Crippen molar-refractivity contribution in [2.24, 2.45) is 5.92 Å². The molecule has 0 radical (unpaired) electrons. The molecule has 0 spiro atoms. The summed E-state index contributed by atoms with van der Waals surface area (Å²) < 4.78 is 4.55. The third-order valence-corrected chi connectivity index (χ3v) is 4.09. The highest BCUT2D eigenvalue weighted by Gasteiger charge is 2.26. The van der Waals surface area contributed by atoms with Gasteiger partial charge in [-0.3, -0.25) is 4.79 Å². The smallest absolute Gasteiger partial charge is 0.407 e. The standard InChI is InChI=1S/C14H23N3O3S/c1-6-11-16-10(7-21-11)9(4)15-13(18)12(8(2)3)17-14(19)20-5/h7-9,12H,6H2,1-5H3,(H,15,18)(H,17,19). The minimum atomic E-state index is -0.635. The predicted octanol–water partition coefficient (Wildman–Crippen LogP) is 2.26. The van der Waals surface area contributed by atoms with E-state index >= 15 is 0 Å². The van der Waals surface area contributed by atoms with Crippen molar-refractivity contribution in [3.05, 3.63) is 16.1 Å². The molecule has 2 amide bonds. The normalized spacial score (nSPS) is 13.6. The topological polar surface area (TPSA) is 80.3 Å². The number of rotatable bonds is 6.